The molecule has 0 atom stereocenters. The maximum absolute atomic E-state index is 12.8. The average Bonchev–Trinajstić information content (AvgIpc) is 2.75. The van der Waals surface area contributed by atoms with Gasteiger partial charge in [0.05, 0.1) is 28.8 Å². The summed E-state index contributed by atoms with van der Waals surface area (Å²) in [4.78, 5) is 20.8. The third kappa shape index (κ3) is 5.23. The molecule has 2 aromatic heterocycles. The van der Waals surface area contributed by atoms with Gasteiger partial charge in [0.15, 0.2) is 0 Å². The lowest BCUT2D eigenvalue weighted by Gasteiger charge is -2.26. The number of nitrogens with zero attached hydrogens (tertiary/aromatic N) is 2. The van der Waals surface area contributed by atoms with Crippen molar-refractivity contribution >= 4 is 17.3 Å². The highest BCUT2D eigenvalue weighted by Gasteiger charge is 2.32. The number of nitrogens with one attached hydrogen (secondary N) is 1. The van der Waals surface area contributed by atoms with Crippen LogP contribution in [0.1, 0.15) is 61.9 Å². The molecule has 1 saturated carbocycles. The smallest absolute Gasteiger partial charge is 0.397 e. The van der Waals surface area contributed by atoms with Crippen LogP contribution in [0.3, 0.4) is 0 Å². The van der Waals surface area contributed by atoms with Crippen LogP contribution in [0, 0.1) is 12.3 Å². The quantitative estimate of drug-likeness (QED) is 0.527. The highest BCUT2D eigenvalue weighted by Crippen LogP contribution is 2.40. The van der Waals surface area contributed by atoms with E-state index in [2.05, 4.69) is 21.2 Å². The van der Waals surface area contributed by atoms with E-state index in [-0.39, 0.29) is 17.5 Å². The van der Waals surface area contributed by atoms with Gasteiger partial charge in [0, 0.05) is 17.7 Å². The number of terminal acetylenes is 1. The molecule has 0 unspecified atom stereocenters. The minimum Gasteiger partial charge on any atom is -0.397 e. The van der Waals surface area contributed by atoms with Gasteiger partial charge in [-0.3, -0.25) is 9.78 Å². The largest absolute Gasteiger partial charge is 0.417 e. The van der Waals surface area contributed by atoms with Crippen molar-refractivity contribution in [2.45, 2.75) is 51.1 Å². The predicted octanol–water partition coefficient (Wildman–Crippen LogP) is 5.06. The second-order valence-electron chi connectivity index (χ2n) is 7.44. The van der Waals surface area contributed by atoms with Crippen molar-refractivity contribution in [2.75, 3.05) is 11.1 Å². The Kier molecular flexibility index (Phi) is 6.64. The van der Waals surface area contributed by atoms with Gasteiger partial charge in [0.1, 0.15) is 5.69 Å². The summed E-state index contributed by atoms with van der Waals surface area (Å²) in [7, 11) is 0. The van der Waals surface area contributed by atoms with Crippen molar-refractivity contribution in [1.82, 2.24) is 9.97 Å². The van der Waals surface area contributed by atoms with Crippen LogP contribution < -0.4 is 11.1 Å². The van der Waals surface area contributed by atoms with Crippen molar-refractivity contribution in [2.24, 2.45) is 0 Å². The first kappa shape index (κ1) is 22.3. The van der Waals surface area contributed by atoms with E-state index < -0.39 is 11.7 Å². The molecule has 1 amide bonds. The fourth-order valence-corrected chi connectivity index (χ4v) is 3.86. The first-order chi connectivity index (χ1) is 14.7. The van der Waals surface area contributed by atoms with Crippen LogP contribution in [-0.2, 0) is 11.0 Å². The summed E-state index contributed by atoms with van der Waals surface area (Å²) in [6.45, 7) is 1.92. The molecule has 162 valence electrons. The third-order valence-corrected chi connectivity index (χ3v) is 5.48. The zero-order chi connectivity index (χ0) is 22.6. The summed E-state index contributed by atoms with van der Waals surface area (Å²) in [5.41, 5.74) is 8.39. The molecule has 2 heterocycles. The molecule has 31 heavy (non-hydrogen) atoms. The van der Waals surface area contributed by atoms with Gasteiger partial charge in [0.2, 0.25) is 0 Å². The highest BCUT2D eigenvalue weighted by molar-refractivity contribution is 6.04. The van der Waals surface area contributed by atoms with Crippen LogP contribution in [0.5, 0.6) is 0 Å². The van der Waals surface area contributed by atoms with Crippen LogP contribution in [0.4, 0.5) is 24.5 Å². The fourth-order valence-electron chi connectivity index (χ4n) is 3.86. The van der Waals surface area contributed by atoms with E-state index in [1.165, 1.54) is 6.20 Å². The maximum atomic E-state index is 12.8. The molecule has 0 radical (unpaired) electrons. The van der Waals surface area contributed by atoms with Crippen LogP contribution in [0.15, 0.2) is 41.7 Å². The van der Waals surface area contributed by atoms with Gasteiger partial charge >= 0.3 is 6.18 Å². The second kappa shape index (κ2) is 9.21. The standard InChI is InChI=1S/C23H23F3N4O/c1-3-17-9-10-18(13-28-17)30-22(31)19(4-2)14-5-7-15(8-6-14)21-20(27)11-16(12-29-21)23(24,25)26/h1,9-13,15H,4-8,27H2,2H3,(H,30,31). The summed E-state index contributed by atoms with van der Waals surface area (Å²) in [6, 6.07) is 4.30. The van der Waals surface area contributed by atoms with Crippen molar-refractivity contribution in [1.29, 1.82) is 0 Å². The van der Waals surface area contributed by atoms with Gasteiger partial charge in [-0.05, 0) is 50.3 Å². The second-order valence-corrected chi connectivity index (χ2v) is 7.44. The molecule has 8 heteroatoms. The number of aromatic nitrogens is 2. The van der Waals surface area contributed by atoms with E-state index in [0.29, 0.717) is 54.8 Å². The molecule has 0 spiro atoms. The molecule has 1 aliphatic rings. The van der Waals surface area contributed by atoms with Gasteiger partial charge in [-0.15, -0.1) is 6.42 Å². The Balaban J connectivity index is 1.70. The van der Waals surface area contributed by atoms with Gasteiger partial charge in [-0.25, -0.2) is 4.98 Å². The normalized spacial score (nSPS) is 16.5. The first-order valence-electron chi connectivity index (χ1n) is 10.0. The highest BCUT2D eigenvalue weighted by atomic mass is 19.4. The van der Waals surface area contributed by atoms with Gasteiger partial charge < -0.3 is 11.1 Å². The summed E-state index contributed by atoms with van der Waals surface area (Å²) in [6.07, 6.45) is 6.42. The lowest BCUT2D eigenvalue weighted by molar-refractivity contribution is -0.137. The van der Waals surface area contributed by atoms with E-state index >= 15 is 0 Å². The van der Waals surface area contributed by atoms with Crippen molar-refractivity contribution in [3.05, 3.63) is 58.7 Å². The molecule has 5 nitrogen and oxygen atoms in total. The van der Waals surface area contributed by atoms with E-state index in [9.17, 15) is 18.0 Å². The lowest BCUT2D eigenvalue weighted by atomic mass is 9.81. The number of nitrogens with two attached hydrogens (primary N) is 1. The Labute approximate surface area is 179 Å². The van der Waals surface area contributed by atoms with Crippen LogP contribution >= 0.6 is 0 Å². The van der Waals surface area contributed by atoms with Crippen molar-refractivity contribution < 1.29 is 18.0 Å². The number of anilines is 2. The molecule has 0 saturated heterocycles. The summed E-state index contributed by atoms with van der Waals surface area (Å²) in [5.74, 6) is 2.21. The molecular formula is C23H23F3N4O. The topological polar surface area (TPSA) is 80.9 Å². The minimum atomic E-state index is -4.47. The molecule has 0 aromatic carbocycles. The van der Waals surface area contributed by atoms with E-state index in [1.54, 1.807) is 12.1 Å². The molecule has 3 N–H and O–H groups in total. The number of hydrogen-bond donors (Lipinski definition) is 2. The number of amides is 1. The molecule has 3 rings (SSSR count). The molecule has 1 fully saturated rings. The van der Waals surface area contributed by atoms with E-state index in [1.807, 2.05) is 6.92 Å². The lowest BCUT2D eigenvalue weighted by Crippen LogP contribution is -2.19. The number of carbonyl (C=O) groups is 1. The average molecular weight is 428 g/mol. The Morgan fingerprint density at radius 3 is 2.48 bits per heavy atom. The third-order valence-electron chi connectivity index (χ3n) is 5.48. The molecule has 0 aliphatic heterocycles. The molecule has 2 aromatic rings. The van der Waals surface area contributed by atoms with Crippen LogP contribution in [0.2, 0.25) is 0 Å². The number of allylic oxidation sites excluding steroid dienone is 1. The molecule has 1 aliphatic carbocycles. The Morgan fingerprint density at radius 1 is 1.26 bits per heavy atom. The zero-order valence-electron chi connectivity index (χ0n) is 17.1. The maximum Gasteiger partial charge on any atom is 0.417 e. The van der Waals surface area contributed by atoms with E-state index in [4.69, 9.17) is 12.2 Å². The number of rotatable bonds is 4. The Hall–Kier alpha value is -3.34. The zero-order valence-corrected chi connectivity index (χ0v) is 17.1. The Morgan fingerprint density at radius 2 is 1.97 bits per heavy atom. The summed E-state index contributed by atoms with van der Waals surface area (Å²) in [5, 5.41) is 2.85. The summed E-state index contributed by atoms with van der Waals surface area (Å²) >= 11 is 0. The molecule has 0 bridgehead atoms. The van der Waals surface area contributed by atoms with Gasteiger partial charge in [-0.1, -0.05) is 18.4 Å². The Bertz CT molecular complexity index is 1030. The number of hydrogen-bond acceptors (Lipinski definition) is 4. The molecular weight excluding hydrogens is 405 g/mol. The van der Waals surface area contributed by atoms with Gasteiger partial charge in [-0.2, -0.15) is 13.2 Å². The number of alkyl halides is 3. The number of pyridine rings is 2. The monoisotopic (exact) mass is 428 g/mol. The van der Waals surface area contributed by atoms with E-state index in [0.717, 1.165) is 17.8 Å². The number of carbonyl (C=O) groups excluding carboxylic acids is 1. The summed E-state index contributed by atoms with van der Waals surface area (Å²) < 4.78 is 38.5. The SMILES string of the molecule is C#Cc1ccc(NC(=O)C(CC)=C2CCC(c3ncc(C(F)(F)F)cc3N)CC2)cn1. The predicted molar refractivity (Wildman–Crippen MR) is 113 cm³/mol. The minimum absolute atomic E-state index is 0.0345. The number of halogens is 3. The van der Waals surface area contributed by atoms with Crippen molar-refractivity contribution in [3.8, 4) is 12.3 Å². The fraction of sp³-hybridized carbons (Fsp3) is 0.348. The first-order valence-corrected chi connectivity index (χ1v) is 10.0. The van der Waals surface area contributed by atoms with Gasteiger partial charge in [0.25, 0.3) is 5.91 Å². The van der Waals surface area contributed by atoms with Crippen LogP contribution in [-0.4, -0.2) is 15.9 Å². The number of nitrogen functional groups attached to an aromatic ring is 1. The van der Waals surface area contributed by atoms with Crippen molar-refractivity contribution in [3.63, 3.8) is 0 Å². The van der Waals surface area contributed by atoms with Crippen LogP contribution in [0.25, 0.3) is 0 Å².